The summed E-state index contributed by atoms with van der Waals surface area (Å²) in [7, 11) is 3.08. The number of nitrogens with one attached hydrogen (secondary N) is 1. The number of halogens is 2. The molecule has 0 fully saturated rings. The molecule has 4 nitrogen and oxygen atoms in total. The molecule has 0 heterocycles. The first-order valence-electron chi connectivity index (χ1n) is 6.45. The Bertz CT molecular complexity index is 717. The molecule has 2 aromatic carbocycles. The molecular formula is C16H15Br2NO3. The zero-order valence-corrected chi connectivity index (χ0v) is 15.5. The van der Waals surface area contributed by atoms with Crippen molar-refractivity contribution in [2.24, 2.45) is 0 Å². The third-order valence-electron chi connectivity index (χ3n) is 3.13. The first-order chi connectivity index (χ1) is 10.5. The van der Waals surface area contributed by atoms with E-state index >= 15 is 0 Å². The lowest BCUT2D eigenvalue weighted by molar-refractivity contribution is 0.102. The van der Waals surface area contributed by atoms with E-state index in [9.17, 15) is 4.79 Å². The highest BCUT2D eigenvalue weighted by Gasteiger charge is 2.15. The van der Waals surface area contributed by atoms with Crippen LogP contribution in [0.2, 0.25) is 0 Å². The van der Waals surface area contributed by atoms with Crippen LogP contribution in [0.5, 0.6) is 11.5 Å². The lowest BCUT2D eigenvalue weighted by Gasteiger charge is -2.13. The van der Waals surface area contributed by atoms with Crippen molar-refractivity contribution >= 4 is 43.5 Å². The molecule has 1 amide bonds. The van der Waals surface area contributed by atoms with E-state index in [2.05, 4.69) is 37.2 Å². The SMILES string of the molecule is COc1cc(C(=O)Nc2ccc(Br)cc2C)cc(Br)c1OC. The zero-order valence-electron chi connectivity index (χ0n) is 12.4. The van der Waals surface area contributed by atoms with Gasteiger partial charge in [-0.05, 0) is 58.7 Å². The fourth-order valence-electron chi connectivity index (χ4n) is 2.01. The van der Waals surface area contributed by atoms with Gasteiger partial charge in [0.2, 0.25) is 0 Å². The van der Waals surface area contributed by atoms with Crippen LogP contribution in [0.3, 0.4) is 0 Å². The van der Waals surface area contributed by atoms with E-state index in [1.165, 1.54) is 7.11 Å². The highest BCUT2D eigenvalue weighted by atomic mass is 79.9. The first kappa shape index (κ1) is 16.8. The number of rotatable bonds is 4. The highest BCUT2D eigenvalue weighted by molar-refractivity contribution is 9.10. The molecule has 0 aliphatic heterocycles. The van der Waals surface area contributed by atoms with Gasteiger partial charge in [0, 0.05) is 15.7 Å². The van der Waals surface area contributed by atoms with Gasteiger partial charge in [-0.3, -0.25) is 4.79 Å². The third-order valence-corrected chi connectivity index (χ3v) is 4.21. The van der Waals surface area contributed by atoms with Crippen molar-refractivity contribution in [3.63, 3.8) is 0 Å². The number of aryl methyl sites for hydroxylation is 1. The van der Waals surface area contributed by atoms with Gasteiger partial charge in [0.1, 0.15) is 0 Å². The van der Waals surface area contributed by atoms with E-state index in [-0.39, 0.29) is 5.91 Å². The number of ether oxygens (including phenoxy) is 2. The summed E-state index contributed by atoms with van der Waals surface area (Å²) in [6.07, 6.45) is 0. The van der Waals surface area contributed by atoms with E-state index < -0.39 is 0 Å². The standard InChI is InChI=1S/C16H15Br2NO3/c1-9-6-11(17)4-5-13(9)19-16(20)10-7-12(18)15(22-3)14(8-10)21-2/h4-8H,1-3H3,(H,19,20). The van der Waals surface area contributed by atoms with Gasteiger partial charge in [-0.15, -0.1) is 0 Å². The zero-order chi connectivity index (χ0) is 16.3. The van der Waals surface area contributed by atoms with Crippen LogP contribution in [0.25, 0.3) is 0 Å². The van der Waals surface area contributed by atoms with Gasteiger partial charge in [-0.1, -0.05) is 15.9 Å². The average Bonchev–Trinajstić information content (AvgIpc) is 2.49. The summed E-state index contributed by atoms with van der Waals surface area (Å²) in [6.45, 7) is 1.94. The number of carbonyl (C=O) groups is 1. The van der Waals surface area contributed by atoms with E-state index in [0.717, 1.165) is 15.7 Å². The van der Waals surface area contributed by atoms with Gasteiger partial charge >= 0.3 is 0 Å². The van der Waals surface area contributed by atoms with E-state index in [1.807, 2.05) is 25.1 Å². The Hall–Kier alpha value is -1.53. The molecule has 0 aliphatic carbocycles. The predicted molar refractivity (Wildman–Crippen MR) is 94.1 cm³/mol. The summed E-state index contributed by atoms with van der Waals surface area (Å²) < 4.78 is 12.1. The largest absolute Gasteiger partial charge is 0.493 e. The molecule has 0 atom stereocenters. The molecule has 0 unspecified atom stereocenters. The fourth-order valence-corrected chi connectivity index (χ4v) is 3.09. The number of amides is 1. The maximum atomic E-state index is 12.4. The Balaban J connectivity index is 2.31. The molecule has 6 heteroatoms. The summed E-state index contributed by atoms with van der Waals surface area (Å²) in [4.78, 5) is 12.4. The molecule has 0 spiro atoms. The quantitative estimate of drug-likeness (QED) is 0.761. The molecule has 1 N–H and O–H groups in total. The predicted octanol–water partition coefficient (Wildman–Crippen LogP) is 4.79. The third kappa shape index (κ3) is 3.62. The van der Waals surface area contributed by atoms with Crippen LogP contribution in [0.4, 0.5) is 5.69 Å². The van der Waals surface area contributed by atoms with Crippen LogP contribution in [0.15, 0.2) is 39.3 Å². The van der Waals surface area contributed by atoms with Gasteiger partial charge in [-0.25, -0.2) is 0 Å². The Labute approximate surface area is 146 Å². The topological polar surface area (TPSA) is 47.6 Å². The highest BCUT2D eigenvalue weighted by Crippen LogP contribution is 2.36. The van der Waals surface area contributed by atoms with Crippen molar-refractivity contribution < 1.29 is 14.3 Å². The van der Waals surface area contributed by atoms with Gasteiger partial charge < -0.3 is 14.8 Å². The van der Waals surface area contributed by atoms with Crippen LogP contribution in [-0.4, -0.2) is 20.1 Å². The minimum Gasteiger partial charge on any atom is -0.493 e. The smallest absolute Gasteiger partial charge is 0.255 e. The molecule has 116 valence electrons. The average molecular weight is 429 g/mol. The van der Waals surface area contributed by atoms with E-state index in [1.54, 1.807) is 19.2 Å². The minimum absolute atomic E-state index is 0.216. The maximum absolute atomic E-state index is 12.4. The summed E-state index contributed by atoms with van der Waals surface area (Å²) in [5.74, 6) is 0.834. The molecule has 0 saturated carbocycles. The van der Waals surface area contributed by atoms with Crippen molar-refractivity contribution in [3.05, 3.63) is 50.4 Å². The molecule has 2 aromatic rings. The van der Waals surface area contributed by atoms with Crippen molar-refractivity contribution in [1.82, 2.24) is 0 Å². The summed E-state index contributed by atoms with van der Waals surface area (Å²) in [6, 6.07) is 9.03. The molecular weight excluding hydrogens is 414 g/mol. The molecule has 0 radical (unpaired) electrons. The molecule has 2 rings (SSSR count). The summed E-state index contributed by atoms with van der Waals surface area (Å²) in [5.41, 5.74) is 2.22. The van der Waals surface area contributed by atoms with Crippen LogP contribution >= 0.6 is 31.9 Å². The second kappa shape index (κ2) is 7.15. The monoisotopic (exact) mass is 427 g/mol. The van der Waals surface area contributed by atoms with Gasteiger partial charge in [0.15, 0.2) is 11.5 Å². The van der Waals surface area contributed by atoms with Crippen LogP contribution in [0.1, 0.15) is 15.9 Å². The van der Waals surface area contributed by atoms with Crippen molar-refractivity contribution in [1.29, 1.82) is 0 Å². The Kier molecular flexibility index (Phi) is 5.47. The van der Waals surface area contributed by atoms with Gasteiger partial charge in [-0.2, -0.15) is 0 Å². The molecule has 0 aromatic heterocycles. The van der Waals surface area contributed by atoms with Crippen LogP contribution < -0.4 is 14.8 Å². The molecule has 0 bridgehead atoms. The number of hydrogen-bond donors (Lipinski definition) is 1. The number of carbonyl (C=O) groups excluding carboxylic acids is 1. The van der Waals surface area contributed by atoms with Crippen LogP contribution in [-0.2, 0) is 0 Å². The minimum atomic E-state index is -0.216. The number of hydrogen-bond acceptors (Lipinski definition) is 3. The number of benzene rings is 2. The lowest BCUT2D eigenvalue weighted by Crippen LogP contribution is -2.13. The van der Waals surface area contributed by atoms with E-state index in [4.69, 9.17) is 9.47 Å². The van der Waals surface area contributed by atoms with E-state index in [0.29, 0.717) is 21.5 Å². The Morgan fingerprint density at radius 1 is 1.09 bits per heavy atom. The Morgan fingerprint density at radius 3 is 2.41 bits per heavy atom. The lowest BCUT2D eigenvalue weighted by atomic mass is 10.1. The van der Waals surface area contributed by atoms with Gasteiger partial charge in [0.05, 0.1) is 18.7 Å². The second-order valence-corrected chi connectivity index (χ2v) is 6.38. The fraction of sp³-hybridized carbons (Fsp3) is 0.188. The summed E-state index contributed by atoms with van der Waals surface area (Å²) in [5, 5.41) is 2.89. The second-order valence-electron chi connectivity index (χ2n) is 4.61. The number of methoxy groups -OCH3 is 2. The van der Waals surface area contributed by atoms with Gasteiger partial charge in [0.25, 0.3) is 5.91 Å². The van der Waals surface area contributed by atoms with Crippen molar-refractivity contribution in [2.45, 2.75) is 6.92 Å². The van der Waals surface area contributed by atoms with Crippen LogP contribution in [0, 0.1) is 6.92 Å². The summed E-state index contributed by atoms with van der Waals surface area (Å²) >= 11 is 6.79. The Morgan fingerprint density at radius 2 is 1.82 bits per heavy atom. The normalized spacial score (nSPS) is 10.2. The van der Waals surface area contributed by atoms with Crippen molar-refractivity contribution in [2.75, 3.05) is 19.5 Å². The molecule has 0 saturated heterocycles. The molecule has 22 heavy (non-hydrogen) atoms. The first-order valence-corrected chi connectivity index (χ1v) is 8.04. The van der Waals surface area contributed by atoms with Crippen molar-refractivity contribution in [3.8, 4) is 11.5 Å². The molecule has 0 aliphatic rings. The maximum Gasteiger partial charge on any atom is 0.255 e. The number of anilines is 1.